The number of fused-ring (bicyclic) bond motifs is 1. The van der Waals surface area contributed by atoms with E-state index in [1.807, 2.05) is 0 Å². The molecule has 0 radical (unpaired) electrons. The Labute approximate surface area is 156 Å². The number of phosphoric ester groups is 1. The fourth-order valence-corrected chi connectivity index (χ4v) is 4.67. The van der Waals surface area contributed by atoms with Crippen LogP contribution >= 0.6 is 19.4 Å². The number of carbonyl (C=O) groups excluding carboxylic acids is 1. The van der Waals surface area contributed by atoms with Gasteiger partial charge in [-0.15, -0.1) is 0 Å². The molecule has 2 amide bonds. The van der Waals surface area contributed by atoms with Crippen LogP contribution in [0.15, 0.2) is 11.2 Å². The quantitative estimate of drug-likeness (QED) is 0.536. The molecule has 3 rings (SSSR count). The minimum atomic E-state index is -4.55. The average Bonchev–Trinajstić information content (AvgIpc) is 2.77. The van der Waals surface area contributed by atoms with Gasteiger partial charge in [-0.3, -0.25) is 18.5 Å². The fourth-order valence-electron chi connectivity index (χ4n) is 2.88. The van der Waals surface area contributed by atoms with Crippen LogP contribution in [0.25, 0.3) is 0 Å². The first kappa shape index (κ1) is 20.8. The molecule has 3 aliphatic heterocycles. The number of phosphoric acid groups is 1. The summed E-state index contributed by atoms with van der Waals surface area (Å²) in [6, 6.07) is -1.03. The van der Waals surface area contributed by atoms with Gasteiger partial charge in [-0.25, -0.2) is 18.1 Å². The Kier molecular flexibility index (Phi) is 5.28. The van der Waals surface area contributed by atoms with Crippen molar-refractivity contribution in [3.05, 3.63) is 11.2 Å². The van der Waals surface area contributed by atoms with E-state index in [-0.39, 0.29) is 11.6 Å². The molecule has 1 unspecified atom stereocenters. The lowest BCUT2D eigenvalue weighted by molar-refractivity contribution is -0.209. The molecule has 1 N–H and O–H groups in total. The van der Waals surface area contributed by atoms with Gasteiger partial charge in [0.2, 0.25) is 6.23 Å². The van der Waals surface area contributed by atoms with Crippen molar-refractivity contribution in [2.45, 2.75) is 50.2 Å². The Morgan fingerprint density at radius 2 is 2.11 bits per heavy atom. The number of alkyl halides is 4. The molecule has 2 fully saturated rings. The van der Waals surface area contributed by atoms with E-state index in [1.54, 1.807) is 0 Å². The van der Waals surface area contributed by atoms with Crippen LogP contribution in [0.2, 0.25) is 0 Å². The molecule has 0 bridgehead atoms. The van der Waals surface area contributed by atoms with E-state index in [4.69, 9.17) is 29.9 Å². The Morgan fingerprint density at radius 1 is 1.44 bits per heavy atom. The summed E-state index contributed by atoms with van der Waals surface area (Å²) >= 11 is 5.74. The summed E-state index contributed by atoms with van der Waals surface area (Å²) in [6.45, 7) is 1.56. The van der Waals surface area contributed by atoms with Crippen LogP contribution in [-0.2, 0) is 22.9 Å². The van der Waals surface area contributed by atoms with Gasteiger partial charge < -0.3 is 10.1 Å². The molecule has 4 atom stereocenters. The predicted molar refractivity (Wildman–Crippen MR) is 82.4 cm³/mol. The number of amides is 2. The maximum Gasteiger partial charge on any atom is 0.475 e. The topological polar surface area (TPSA) is 86.3 Å². The van der Waals surface area contributed by atoms with Crippen molar-refractivity contribution >= 4 is 25.5 Å². The van der Waals surface area contributed by atoms with Crippen molar-refractivity contribution in [2.24, 2.45) is 0 Å². The smallest absolute Gasteiger partial charge is 0.333 e. The molecule has 0 aromatic carbocycles. The van der Waals surface area contributed by atoms with Crippen LogP contribution in [-0.4, -0.2) is 60.5 Å². The molecule has 8 nitrogen and oxygen atoms in total. The van der Waals surface area contributed by atoms with E-state index in [0.717, 1.165) is 6.20 Å². The van der Waals surface area contributed by atoms with Crippen LogP contribution in [0.3, 0.4) is 0 Å². The van der Waals surface area contributed by atoms with E-state index in [1.165, 1.54) is 13.8 Å². The van der Waals surface area contributed by atoms with Crippen molar-refractivity contribution in [1.82, 2.24) is 10.2 Å². The summed E-state index contributed by atoms with van der Waals surface area (Å²) < 4.78 is 89.1. The first-order valence-corrected chi connectivity index (χ1v) is 9.63. The zero-order chi connectivity index (χ0) is 20.2. The maximum atomic E-state index is 15.0. The second-order valence-corrected chi connectivity index (χ2v) is 8.46. The highest BCUT2D eigenvalue weighted by Crippen LogP contribution is 2.63. The molecule has 3 heterocycles. The van der Waals surface area contributed by atoms with Crippen molar-refractivity contribution < 1.29 is 45.2 Å². The van der Waals surface area contributed by atoms with Crippen molar-refractivity contribution in [1.29, 1.82) is 0 Å². The zero-order valence-electron chi connectivity index (χ0n) is 14.0. The van der Waals surface area contributed by atoms with E-state index in [0.29, 0.717) is 4.90 Å². The van der Waals surface area contributed by atoms with E-state index < -0.39 is 56.8 Å². The molecule has 0 aliphatic carbocycles. The number of rotatable bonds is 4. The number of halogens is 5. The molecule has 0 aromatic rings. The minimum Gasteiger partial charge on any atom is -0.333 e. The lowest BCUT2D eigenvalue weighted by atomic mass is 9.95. The number of urea groups is 1. The molecular weight excluding hydrogens is 423 g/mol. The molecule has 0 saturated carbocycles. The van der Waals surface area contributed by atoms with Gasteiger partial charge in [0.15, 0.2) is 11.7 Å². The number of hydrogen-bond donors (Lipinski definition) is 1. The first-order valence-electron chi connectivity index (χ1n) is 7.79. The number of hydrogen-bond acceptors (Lipinski definition) is 6. The SMILES string of the molecule is CC(C)OP1(=O)OC[C@@]2(C(F)F)O[C@@H](N3C=C(Cl)CNC3=O)C(F)(F)[C@@H]2O1. The maximum absolute atomic E-state index is 15.0. The average molecular weight is 439 g/mol. The largest absolute Gasteiger partial charge is 0.475 e. The van der Waals surface area contributed by atoms with Gasteiger partial charge in [0.25, 0.3) is 6.43 Å². The van der Waals surface area contributed by atoms with Gasteiger partial charge in [0.1, 0.15) is 0 Å². The molecule has 154 valence electrons. The third kappa shape index (κ3) is 3.47. The first-order chi connectivity index (χ1) is 12.4. The Balaban J connectivity index is 1.99. The van der Waals surface area contributed by atoms with Crippen molar-refractivity contribution in [2.75, 3.05) is 13.2 Å². The van der Waals surface area contributed by atoms with Crippen LogP contribution in [0.1, 0.15) is 13.8 Å². The highest BCUT2D eigenvalue weighted by atomic mass is 35.5. The molecule has 0 aromatic heterocycles. The minimum absolute atomic E-state index is 0.0269. The van der Waals surface area contributed by atoms with Crippen LogP contribution in [0.4, 0.5) is 22.4 Å². The van der Waals surface area contributed by atoms with Gasteiger partial charge in [0.05, 0.1) is 24.3 Å². The van der Waals surface area contributed by atoms with Gasteiger partial charge in [0, 0.05) is 6.20 Å². The van der Waals surface area contributed by atoms with Crippen LogP contribution in [0, 0.1) is 0 Å². The lowest BCUT2D eigenvalue weighted by Gasteiger charge is -2.39. The molecular formula is C13H16ClF4N2O6P. The monoisotopic (exact) mass is 438 g/mol. The van der Waals surface area contributed by atoms with Gasteiger partial charge >= 0.3 is 19.8 Å². The van der Waals surface area contributed by atoms with Crippen molar-refractivity contribution in [3.63, 3.8) is 0 Å². The third-order valence-corrected chi connectivity index (χ3v) is 5.85. The van der Waals surface area contributed by atoms with E-state index in [9.17, 15) is 18.1 Å². The molecule has 0 spiro atoms. The van der Waals surface area contributed by atoms with Crippen molar-refractivity contribution in [3.8, 4) is 0 Å². The Hall–Kier alpha value is -0.910. The molecule has 2 saturated heterocycles. The van der Waals surface area contributed by atoms with E-state index in [2.05, 4.69) is 5.32 Å². The number of carbonyl (C=O) groups is 1. The second kappa shape index (κ2) is 6.85. The highest BCUT2D eigenvalue weighted by Gasteiger charge is 2.76. The van der Waals surface area contributed by atoms with Gasteiger partial charge in [-0.05, 0) is 13.8 Å². The number of nitrogens with zero attached hydrogens (tertiary/aromatic N) is 1. The summed E-state index contributed by atoms with van der Waals surface area (Å²) in [5, 5.41) is 2.17. The Bertz CT molecular complexity index is 710. The summed E-state index contributed by atoms with van der Waals surface area (Å²) in [4.78, 5) is 12.3. The molecule has 14 heteroatoms. The fraction of sp³-hybridized carbons (Fsp3) is 0.769. The normalized spacial score (nSPS) is 38.8. The lowest BCUT2D eigenvalue weighted by Crippen LogP contribution is -2.58. The highest BCUT2D eigenvalue weighted by molar-refractivity contribution is 7.48. The van der Waals surface area contributed by atoms with Gasteiger partial charge in [-0.2, -0.15) is 8.78 Å². The zero-order valence-corrected chi connectivity index (χ0v) is 15.7. The molecule has 3 aliphatic rings. The Morgan fingerprint density at radius 3 is 2.70 bits per heavy atom. The second-order valence-electron chi connectivity index (χ2n) is 6.40. The van der Waals surface area contributed by atoms with Crippen LogP contribution < -0.4 is 5.32 Å². The number of ether oxygens (including phenoxy) is 1. The summed E-state index contributed by atoms with van der Waals surface area (Å²) in [5.74, 6) is -4.18. The van der Waals surface area contributed by atoms with E-state index >= 15 is 8.78 Å². The van der Waals surface area contributed by atoms with Gasteiger partial charge in [-0.1, -0.05) is 11.6 Å². The summed E-state index contributed by atoms with van der Waals surface area (Å²) in [6.07, 6.45) is -8.58. The standard InChI is InChI=1S/C13H16ClF4N2O6P/c1-6(2)25-27(22)23-5-12(9(15)16)8(26-27)13(17,18)10(24-12)20-4-7(14)3-19-11(20)21/h4,6,8-10H,3,5H2,1-2H3,(H,19,21)/t8-,10-,12-,27?/m1/s1. The van der Waals surface area contributed by atoms with Crippen LogP contribution in [0.5, 0.6) is 0 Å². The summed E-state index contributed by atoms with van der Waals surface area (Å²) in [5.41, 5.74) is -2.96. The number of nitrogens with one attached hydrogen (secondary N) is 1. The third-order valence-electron chi connectivity index (χ3n) is 4.02. The summed E-state index contributed by atoms with van der Waals surface area (Å²) in [7, 11) is -4.55. The predicted octanol–water partition coefficient (Wildman–Crippen LogP) is 3.04. The molecule has 27 heavy (non-hydrogen) atoms.